The average molecular weight is 556 g/mol. The summed E-state index contributed by atoms with van der Waals surface area (Å²) in [6.07, 6.45) is 7.40. The quantitative estimate of drug-likeness (QED) is 0.207. The molecule has 0 radical (unpaired) electrons. The Balaban J connectivity index is 1.30. The first-order valence-corrected chi connectivity index (χ1v) is 16.2. The molecule has 5 aromatic carbocycles. The number of hydrogen-bond acceptors (Lipinski definition) is 1. The van der Waals surface area contributed by atoms with Crippen molar-refractivity contribution in [2.75, 3.05) is 0 Å². The highest BCUT2D eigenvalue weighted by molar-refractivity contribution is 6.06. The second kappa shape index (κ2) is 9.38. The van der Waals surface area contributed by atoms with Gasteiger partial charge in [-0.05, 0) is 111 Å². The molecule has 9 rings (SSSR count). The topological polar surface area (TPSA) is 12.9 Å². The number of pyridine rings is 1. The van der Waals surface area contributed by atoms with Crippen LogP contribution in [0.5, 0.6) is 0 Å². The SMILES string of the molecule is CC1CC2CC(C)C3(c4ccc(-c5ccc(-c6ccccc6)c6cccnc56)cc4-c4c3ccc3ccccc43)C(C1)C2. The van der Waals surface area contributed by atoms with E-state index in [0.29, 0.717) is 11.8 Å². The molecule has 1 spiro atoms. The van der Waals surface area contributed by atoms with E-state index in [9.17, 15) is 0 Å². The van der Waals surface area contributed by atoms with Crippen LogP contribution in [0.4, 0.5) is 0 Å². The predicted molar refractivity (Wildman–Crippen MR) is 180 cm³/mol. The highest BCUT2D eigenvalue weighted by atomic mass is 14.7. The van der Waals surface area contributed by atoms with Crippen molar-refractivity contribution >= 4 is 21.7 Å². The van der Waals surface area contributed by atoms with Gasteiger partial charge in [-0.15, -0.1) is 0 Å². The van der Waals surface area contributed by atoms with E-state index in [-0.39, 0.29) is 5.41 Å². The summed E-state index contributed by atoms with van der Waals surface area (Å²) in [7, 11) is 0. The van der Waals surface area contributed by atoms with Crippen molar-refractivity contribution in [3.8, 4) is 33.4 Å². The molecule has 43 heavy (non-hydrogen) atoms. The largest absolute Gasteiger partial charge is 0.256 e. The molecular formula is C42H37N. The van der Waals surface area contributed by atoms with Crippen molar-refractivity contribution in [2.45, 2.75) is 44.9 Å². The molecule has 1 nitrogen and oxygen atoms in total. The maximum atomic E-state index is 4.98. The van der Waals surface area contributed by atoms with Crippen molar-refractivity contribution in [3.05, 3.63) is 127 Å². The van der Waals surface area contributed by atoms with E-state index in [2.05, 4.69) is 123 Å². The van der Waals surface area contributed by atoms with Crippen LogP contribution in [0.25, 0.3) is 55.1 Å². The monoisotopic (exact) mass is 555 g/mol. The molecular weight excluding hydrogens is 518 g/mol. The molecule has 2 saturated carbocycles. The fourth-order valence-electron chi connectivity index (χ4n) is 9.97. The minimum absolute atomic E-state index is 0.0931. The molecule has 210 valence electrons. The zero-order valence-electron chi connectivity index (χ0n) is 25.1. The van der Waals surface area contributed by atoms with Crippen LogP contribution in [0.3, 0.4) is 0 Å². The van der Waals surface area contributed by atoms with Crippen LogP contribution in [0.1, 0.15) is 50.7 Å². The van der Waals surface area contributed by atoms with Gasteiger partial charge in [0.05, 0.1) is 5.52 Å². The van der Waals surface area contributed by atoms with E-state index in [1.807, 2.05) is 6.20 Å². The highest BCUT2D eigenvalue weighted by Crippen LogP contribution is 2.65. The molecule has 1 aromatic heterocycles. The molecule has 1 heteroatoms. The van der Waals surface area contributed by atoms with Gasteiger partial charge in [0.2, 0.25) is 0 Å². The molecule has 2 bridgehead atoms. The first kappa shape index (κ1) is 25.3. The summed E-state index contributed by atoms with van der Waals surface area (Å²) in [5, 5.41) is 3.94. The van der Waals surface area contributed by atoms with E-state index in [0.717, 1.165) is 17.4 Å². The summed E-state index contributed by atoms with van der Waals surface area (Å²) in [6, 6.07) is 41.0. The van der Waals surface area contributed by atoms with Crippen molar-refractivity contribution in [1.82, 2.24) is 4.98 Å². The maximum Gasteiger partial charge on any atom is 0.0786 e. The van der Waals surface area contributed by atoms with Crippen molar-refractivity contribution in [2.24, 2.45) is 23.7 Å². The van der Waals surface area contributed by atoms with E-state index < -0.39 is 0 Å². The highest BCUT2D eigenvalue weighted by Gasteiger charge is 2.56. The van der Waals surface area contributed by atoms with Gasteiger partial charge in [0.1, 0.15) is 0 Å². The van der Waals surface area contributed by atoms with Crippen LogP contribution in [-0.4, -0.2) is 4.98 Å². The lowest BCUT2D eigenvalue weighted by Gasteiger charge is -2.54. The Morgan fingerprint density at radius 3 is 2.30 bits per heavy atom. The van der Waals surface area contributed by atoms with Gasteiger partial charge in [-0.1, -0.05) is 111 Å². The molecule has 0 aliphatic heterocycles. The summed E-state index contributed by atoms with van der Waals surface area (Å²) in [4.78, 5) is 4.98. The minimum atomic E-state index is 0.0931. The number of fused-ring (bicyclic) bond motifs is 11. The lowest BCUT2D eigenvalue weighted by Crippen LogP contribution is -2.49. The first-order chi connectivity index (χ1) is 21.1. The Labute approximate surface area is 254 Å². The van der Waals surface area contributed by atoms with Crippen molar-refractivity contribution in [1.29, 1.82) is 0 Å². The van der Waals surface area contributed by atoms with Crippen LogP contribution < -0.4 is 0 Å². The fraction of sp³-hybridized carbons (Fsp3) is 0.262. The maximum absolute atomic E-state index is 4.98. The normalized spacial score (nSPS) is 25.6. The second-order valence-electron chi connectivity index (χ2n) is 13.8. The van der Waals surface area contributed by atoms with Gasteiger partial charge in [-0.25, -0.2) is 0 Å². The van der Waals surface area contributed by atoms with Crippen LogP contribution >= 0.6 is 0 Å². The zero-order chi connectivity index (χ0) is 28.7. The smallest absolute Gasteiger partial charge is 0.0786 e. The summed E-state index contributed by atoms with van der Waals surface area (Å²) >= 11 is 0. The van der Waals surface area contributed by atoms with E-state index in [4.69, 9.17) is 4.98 Å². The Kier molecular flexibility index (Phi) is 5.52. The molecule has 3 aliphatic rings. The summed E-state index contributed by atoms with van der Waals surface area (Å²) in [5.74, 6) is 3.01. The van der Waals surface area contributed by atoms with E-state index >= 15 is 0 Å². The van der Waals surface area contributed by atoms with Gasteiger partial charge in [0.15, 0.2) is 0 Å². The lowest BCUT2D eigenvalue weighted by atomic mass is 9.49. The lowest BCUT2D eigenvalue weighted by molar-refractivity contribution is 0.0426. The fourth-order valence-corrected chi connectivity index (χ4v) is 9.97. The molecule has 3 aliphatic carbocycles. The first-order valence-electron chi connectivity index (χ1n) is 16.2. The predicted octanol–water partition coefficient (Wildman–Crippen LogP) is 11.1. The van der Waals surface area contributed by atoms with Gasteiger partial charge in [0.25, 0.3) is 0 Å². The third-order valence-electron chi connectivity index (χ3n) is 11.4. The van der Waals surface area contributed by atoms with Crippen LogP contribution in [0.2, 0.25) is 0 Å². The molecule has 0 saturated heterocycles. The summed E-state index contributed by atoms with van der Waals surface area (Å²) < 4.78 is 0. The van der Waals surface area contributed by atoms with Crippen LogP contribution in [0, 0.1) is 23.7 Å². The van der Waals surface area contributed by atoms with E-state index in [1.165, 1.54) is 75.2 Å². The van der Waals surface area contributed by atoms with Crippen LogP contribution in [0.15, 0.2) is 115 Å². The Morgan fingerprint density at radius 2 is 1.40 bits per heavy atom. The van der Waals surface area contributed by atoms with Gasteiger partial charge < -0.3 is 0 Å². The van der Waals surface area contributed by atoms with Crippen LogP contribution in [-0.2, 0) is 5.41 Å². The average Bonchev–Trinajstić information content (AvgIpc) is 3.34. The molecule has 1 heterocycles. The van der Waals surface area contributed by atoms with Gasteiger partial charge in [-0.2, -0.15) is 0 Å². The van der Waals surface area contributed by atoms with Crippen molar-refractivity contribution < 1.29 is 0 Å². The Bertz CT molecular complexity index is 2030. The Hall–Kier alpha value is -4.23. The molecule has 6 aromatic rings. The number of hydrogen-bond donors (Lipinski definition) is 0. The third-order valence-corrected chi connectivity index (χ3v) is 11.4. The number of benzene rings is 5. The van der Waals surface area contributed by atoms with Gasteiger partial charge in [-0.3, -0.25) is 4.98 Å². The summed E-state index contributed by atoms with van der Waals surface area (Å²) in [5.41, 5.74) is 12.2. The molecule has 0 amide bonds. The number of rotatable bonds is 2. The second-order valence-corrected chi connectivity index (χ2v) is 13.8. The van der Waals surface area contributed by atoms with Gasteiger partial charge >= 0.3 is 0 Å². The molecule has 5 unspecified atom stereocenters. The van der Waals surface area contributed by atoms with Gasteiger partial charge in [0, 0.05) is 22.6 Å². The standard InChI is InChI=1S/C42H37N/c1-26-21-28-23-27(2)42(32(22-26)24-28)38-18-15-31(25-37(38)40-34-12-7-6-11-30(34)14-19-39(40)42)35-17-16-33(29-9-4-3-5-10-29)36-13-8-20-43-41(35)36/h3-20,25-28,32H,21-24H2,1-2H3. The molecule has 2 fully saturated rings. The number of aromatic nitrogens is 1. The zero-order valence-corrected chi connectivity index (χ0v) is 25.1. The van der Waals surface area contributed by atoms with Crippen molar-refractivity contribution in [3.63, 3.8) is 0 Å². The Morgan fingerprint density at radius 1 is 0.605 bits per heavy atom. The molecule has 0 N–H and O–H groups in total. The summed E-state index contributed by atoms with van der Waals surface area (Å²) in [6.45, 7) is 5.07. The number of nitrogens with zero attached hydrogens (tertiary/aromatic N) is 1. The minimum Gasteiger partial charge on any atom is -0.256 e. The third kappa shape index (κ3) is 3.54. The molecule has 5 atom stereocenters. The van der Waals surface area contributed by atoms with E-state index in [1.54, 1.807) is 11.1 Å².